The van der Waals surface area contributed by atoms with E-state index >= 15 is 0 Å². The van der Waals surface area contributed by atoms with Crippen LogP contribution in [0.1, 0.15) is 393 Å². The molecule has 1 unspecified atom stereocenters. The highest BCUT2D eigenvalue weighted by Gasteiger charge is 2.19. The molecule has 0 fully saturated rings. The zero-order chi connectivity index (χ0) is 59.9. The molecule has 0 aliphatic carbocycles. The van der Waals surface area contributed by atoms with Crippen molar-refractivity contribution in [3.63, 3.8) is 0 Å². The average Bonchev–Trinajstić information content (AvgIpc) is 3.49. The van der Waals surface area contributed by atoms with Crippen LogP contribution in [-0.2, 0) is 28.6 Å². The van der Waals surface area contributed by atoms with E-state index in [1.165, 1.54) is 270 Å². The number of ether oxygens (including phenoxy) is 3. The van der Waals surface area contributed by atoms with Crippen LogP contribution in [0.15, 0.2) is 60.8 Å². The second-order valence-electron chi connectivity index (χ2n) is 24.9. The molecule has 0 amide bonds. The molecule has 83 heavy (non-hydrogen) atoms. The molecule has 0 bridgehead atoms. The Kier molecular flexibility index (Phi) is 69.1. The highest BCUT2D eigenvalue weighted by molar-refractivity contribution is 5.71. The normalized spacial score (nSPS) is 12.4. The first-order chi connectivity index (χ1) is 41.0. The lowest BCUT2D eigenvalue weighted by atomic mass is 10.0. The SMILES string of the molecule is CCCCCC/C=C\C/C=C\CCCCCCCCCC(=O)OC(COC(=O)CCCCCCCCCCCCCCCC)COC(=O)CCCCCCCCCCCCCCCCCCCC/C=C\C/C=C\C/C=C\CCCCCCC. The first-order valence-corrected chi connectivity index (χ1v) is 36.8. The molecule has 1 atom stereocenters. The molecule has 0 aromatic rings. The molecule has 6 nitrogen and oxygen atoms in total. The lowest BCUT2D eigenvalue weighted by molar-refractivity contribution is -0.167. The fraction of sp³-hybridized carbons (Fsp3) is 0.831. The van der Waals surface area contributed by atoms with Crippen LogP contribution in [0, 0.1) is 0 Å². The van der Waals surface area contributed by atoms with Crippen LogP contribution >= 0.6 is 0 Å². The predicted molar refractivity (Wildman–Crippen MR) is 362 cm³/mol. The zero-order valence-corrected chi connectivity index (χ0v) is 55.7. The minimum Gasteiger partial charge on any atom is -0.462 e. The molecule has 0 spiro atoms. The summed E-state index contributed by atoms with van der Waals surface area (Å²) in [5.41, 5.74) is 0. The molecule has 0 rings (SSSR count). The van der Waals surface area contributed by atoms with E-state index in [0.717, 1.165) is 83.5 Å². The van der Waals surface area contributed by atoms with Crippen molar-refractivity contribution in [2.45, 2.75) is 399 Å². The third-order valence-electron chi connectivity index (χ3n) is 16.5. The molecule has 0 radical (unpaired) electrons. The summed E-state index contributed by atoms with van der Waals surface area (Å²) in [4.78, 5) is 38.4. The molecule has 0 N–H and O–H groups in total. The summed E-state index contributed by atoms with van der Waals surface area (Å²) in [6.07, 6.45) is 92.6. The molecule has 484 valence electrons. The number of hydrogen-bond acceptors (Lipinski definition) is 6. The molecule has 0 saturated carbocycles. The van der Waals surface area contributed by atoms with Gasteiger partial charge in [-0.15, -0.1) is 0 Å². The van der Waals surface area contributed by atoms with E-state index in [1.54, 1.807) is 0 Å². The Labute approximate surface area is 517 Å². The lowest BCUT2D eigenvalue weighted by Crippen LogP contribution is -2.30. The van der Waals surface area contributed by atoms with Gasteiger partial charge in [0.25, 0.3) is 0 Å². The molecule has 0 heterocycles. The second-order valence-corrected chi connectivity index (χ2v) is 24.9. The van der Waals surface area contributed by atoms with Crippen LogP contribution in [-0.4, -0.2) is 37.2 Å². The van der Waals surface area contributed by atoms with Crippen molar-refractivity contribution in [3.05, 3.63) is 60.8 Å². The van der Waals surface area contributed by atoms with Crippen molar-refractivity contribution in [1.29, 1.82) is 0 Å². The van der Waals surface area contributed by atoms with E-state index in [1.807, 2.05) is 0 Å². The van der Waals surface area contributed by atoms with Gasteiger partial charge in [0.1, 0.15) is 13.2 Å². The van der Waals surface area contributed by atoms with Crippen LogP contribution in [0.3, 0.4) is 0 Å². The Morgan fingerprint density at radius 3 is 0.687 bits per heavy atom. The smallest absolute Gasteiger partial charge is 0.306 e. The first kappa shape index (κ1) is 80.1. The van der Waals surface area contributed by atoms with Gasteiger partial charge in [-0.05, 0) is 89.9 Å². The van der Waals surface area contributed by atoms with Crippen molar-refractivity contribution < 1.29 is 28.6 Å². The molecule has 0 aliphatic rings. The quantitative estimate of drug-likeness (QED) is 0.0261. The molecule has 0 saturated heterocycles. The van der Waals surface area contributed by atoms with E-state index in [2.05, 4.69) is 81.5 Å². The zero-order valence-electron chi connectivity index (χ0n) is 55.7. The van der Waals surface area contributed by atoms with Gasteiger partial charge in [0.05, 0.1) is 0 Å². The lowest BCUT2D eigenvalue weighted by Gasteiger charge is -2.18. The van der Waals surface area contributed by atoms with Crippen LogP contribution in [0.2, 0.25) is 0 Å². The third kappa shape index (κ3) is 69.8. The van der Waals surface area contributed by atoms with Gasteiger partial charge in [-0.2, -0.15) is 0 Å². The fourth-order valence-electron chi connectivity index (χ4n) is 11.0. The summed E-state index contributed by atoms with van der Waals surface area (Å²) in [5.74, 6) is -0.853. The number of hydrogen-bond donors (Lipinski definition) is 0. The monoisotopic (exact) mass is 1160 g/mol. The number of unbranched alkanes of at least 4 members (excludes halogenated alkanes) is 47. The van der Waals surface area contributed by atoms with Crippen molar-refractivity contribution in [3.8, 4) is 0 Å². The second kappa shape index (κ2) is 71.6. The summed E-state index contributed by atoms with van der Waals surface area (Å²) in [6.45, 7) is 6.67. The van der Waals surface area contributed by atoms with Crippen LogP contribution in [0.4, 0.5) is 0 Å². The molecular formula is C77H140O6. The Morgan fingerprint density at radius 2 is 0.434 bits per heavy atom. The van der Waals surface area contributed by atoms with E-state index in [9.17, 15) is 14.4 Å². The Balaban J connectivity index is 4.17. The number of allylic oxidation sites excluding steroid dienone is 10. The van der Waals surface area contributed by atoms with Gasteiger partial charge < -0.3 is 14.2 Å². The summed E-state index contributed by atoms with van der Waals surface area (Å²) in [6, 6.07) is 0. The van der Waals surface area contributed by atoms with Crippen molar-refractivity contribution in [1.82, 2.24) is 0 Å². The summed E-state index contributed by atoms with van der Waals surface area (Å²) < 4.78 is 17.0. The van der Waals surface area contributed by atoms with E-state index in [0.29, 0.717) is 19.3 Å². The standard InChI is InChI=1S/C77H140O6/c1-4-7-10-13-16-19-22-25-28-30-32-33-34-35-36-37-38-39-40-41-42-43-44-45-46-48-49-52-55-58-61-64-67-70-76(79)82-73-74(72-81-75(78)69-66-63-60-57-54-51-27-24-21-18-15-12-9-6-3)83-77(80)71-68-65-62-59-56-53-50-47-31-29-26-23-20-17-14-11-8-5-2/h20,22-23,25,29-32,34-35,74H,4-19,21,24,26-28,33,36-73H2,1-3H3/b23-20-,25-22-,31-29-,32-30-,35-34-. The van der Waals surface area contributed by atoms with Gasteiger partial charge in [0, 0.05) is 19.3 Å². The van der Waals surface area contributed by atoms with E-state index in [-0.39, 0.29) is 31.1 Å². The largest absolute Gasteiger partial charge is 0.462 e. The number of esters is 3. The van der Waals surface area contributed by atoms with Crippen LogP contribution in [0.5, 0.6) is 0 Å². The highest BCUT2D eigenvalue weighted by atomic mass is 16.6. The molecule has 0 aromatic carbocycles. The predicted octanol–water partition coefficient (Wildman–Crippen LogP) is 25.5. The highest BCUT2D eigenvalue weighted by Crippen LogP contribution is 2.18. The fourth-order valence-corrected chi connectivity index (χ4v) is 11.0. The topological polar surface area (TPSA) is 78.9 Å². The van der Waals surface area contributed by atoms with E-state index in [4.69, 9.17) is 14.2 Å². The Bertz CT molecular complexity index is 1470. The Hall–Kier alpha value is -2.89. The summed E-state index contributed by atoms with van der Waals surface area (Å²) in [5, 5.41) is 0. The number of carbonyl (C=O) groups excluding carboxylic acids is 3. The van der Waals surface area contributed by atoms with Gasteiger partial charge in [-0.3, -0.25) is 14.4 Å². The maximum Gasteiger partial charge on any atom is 0.306 e. The van der Waals surface area contributed by atoms with Gasteiger partial charge >= 0.3 is 17.9 Å². The first-order valence-electron chi connectivity index (χ1n) is 36.8. The molecule has 0 aromatic heterocycles. The summed E-state index contributed by atoms with van der Waals surface area (Å²) in [7, 11) is 0. The van der Waals surface area contributed by atoms with Crippen molar-refractivity contribution in [2.24, 2.45) is 0 Å². The molecule has 6 heteroatoms. The minimum atomic E-state index is -0.776. The number of carbonyl (C=O) groups is 3. The van der Waals surface area contributed by atoms with Gasteiger partial charge in [-0.25, -0.2) is 0 Å². The van der Waals surface area contributed by atoms with Gasteiger partial charge in [0.2, 0.25) is 0 Å². The third-order valence-corrected chi connectivity index (χ3v) is 16.5. The van der Waals surface area contributed by atoms with E-state index < -0.39 is 6.10 Å². The minimum absolute atomic E-state index is 0.0718. The molecule has 0 aliphatic heterocycles. The maximum atomic E-state index is 12.9. The summed E-state index contributed by atoms with van der Waals surface area (Å²) >= 11 is 0. The van der Waals surface area contributed by atoms with Gasteiger partial charge in [-0.1, -0.05) is 345 Å². The average molecular weight is 1160 g/mol. The van der Waals surface area contributed by atoms with Crippen LogP contribution in [0.25, 0.3) is 0 Å². The van der Waals surface area contributed by atoms with Crippen molar-refractivity contribution in [2.75, 3.05) is 13.2 Å². The van der Waals surface area contributed by atoms with Crippen LogP contribution < -0.4 is 0 Å². The van der Waals surface area contributed by atoms with Crippen molar-refractivity contribution >= 4 is 17.9 Å². The number of rotatable bonds is 68. The maximum absolute atomic E-state index is 12.9. The molecular weight excluding hydrogens is 1020 g/mol. The Morgan fingerprint density at radius 1 is 0.241 bits per heavy atom. The van der Waals surface area contributed by atoms with Gasteiger partial charge in [0.15, 0.2) is 6.10 Å².